The summed E-state index contributed by atoms with van der Waals surface area (Å²) in [6.07, 6.45) is 17.2. The van der Waals surface area contributed by atoms with E-state index in [9.17, 15) is 19.0 Å². The molecule has 11 nitrogen and oxygen atoms in total. The maximum absolute atomic E-state index is 12.7. The second-order valence-electron chi connectivity index (χ2n) is 15.3. The smallest absolute Gasteiger partial charge is 0.466 e. The van der Waals surface area contributed by atoms with Crippen LogP contribution >= 0.6 is 7.82 Å². The Bertz CT molecular complexity index is 1430. The van der Waals surface area contributed by atoms with E-state index in [4.69, 9.17) is 27.4 Å². The maximum atomic E-state index is 12.7. The standard InChI is InChI=1S/C43H74NO10P/c1-9-23-38-33(3)35(5)40(53-38)25-19-15-11-13-17-21-27-42(45)49-31-37(32-51-55(47,48)50-30-29-44(7)8)52-43(46)28-22-18-14-12-16-20-26-41-36(6)34(4)39(54-41)24-10-2/h37H,9-32H2,1-8H3,(H,47,48)/t37-/m1/s1. The third-order valence-corrected chi connectivity index (χ3v) is 11.2. The van der Waals surface area contributed by atoms with E-state index in [1.165, 1.54) is 22.3 Å². The van der Waals surface area contributed by atoms with Gasteiger partial charge in [0.1, 0.15) is 29.6 Å². The molecule has 1 unspecified atom stereocenters. The fourth-order valence-electron chi connectivity index (χ4n) is 6.54. The minimum Gasteiger partial charge on any atom is -0.466 e. The number of phosphoric acid groups is 1. The first-order chi connectivity index (χ1) is 26.3. The molecule has 2 aromatic heterocycles. The molecule has 55 heavy (non-hydrogen) atoms. The summed E-state index contributed by atoms with van der Waals surface area (Å²) in [4.78, 5) is 37.2. The number of likely N-dealkylation sites (N-methyl/N-ethyl adjacent to an activating group) is 1. The molecule has 0 spiro atoms. The van der Waals surface area contributed by atoms with E-state index >= 15 is 0 Å². The van der Waals surface area contributed by atoms with Gasteiger partial charge in [-0.25, -0.2) is 4.57 Å². The Kier molecular flexibility index (Phi) is 24.1. The van der Waals surface area contributed by atoms with E-state index in [2.05, 4.69) is 41.5 Å². The van der Waals surface area contributed by atoms with Gasteiger partial charge in [-0.05, 0) is 103 Å². The molecule has 0 amide bonds. The summed E-state index contributed by atoms with van der Waals surface area (Å²) < 4.78 is 45.8. The van der Waals surface area contributed by atoms with Crippen LogP contribution in [0.1, 0.15) is 162 Å². The molecule has 2 atom stereocenters. The van der Waals surface area contributed by atoms with Crippen LogP contribution in [-0.2, 0) is 58.4 Å². The number of phosphoric ester groups is 1. The van der Waals surface area contributed by atoms with E-state index in [0.717, 1.165) is 126 Å². The van der Waals surface area contributed by atoms with Crippen molar-refractivity contribution in [3.05, 3.63) is 45.3 Å². The van der Waals surface area contributed by atoms with Crippen molar-refractivity contribution in [2.24, 2.45) is 0 Å². The average Bonchev–Trinajstić information content (AvgIpc) is 3.56. The molecule has 0 radical (unpaired) electrons. The van der Waals surface area contributed by atoms with Gasteiger partial charge < -0.3 is 28.1 Å². The molecule has 0 aliphatic heterocycles. The van der Waals surface area contributed by atoms with Crippen LogP contribution in [0, 0.1) is 27.7 Å². The lowest BCUT2D eigenvalue weighted by Gasteiger charge is -2.20. The summed E-state index contributed by atoms with van der Waals surface area (Å²) >= 11 is 0. The van der Waals surface area contributed by atoms with Gasteiger partial charge >= 0.3 is 19.8 Å². The molecule has 0 fully saturated rings. The molecule has 0 bridgehead atoms. The van der Waals surface area contributed by atoms with Gasteiger partial charge in [0.15, 0.2) is 6.10 Å². The van der Waals surface area contributed by atoms with Gasteiger partial charge in [0, 0.05) is 45.1 Å². The third kappa shape index (κ3) is 20.0. The third-order valence-electron chi connectivity index (χ3n) is 10.3. The number of ether oxygens (including phenoxy) is 2. The van der Waals surface area contributed by atoms with E-state index in [1.807, 2.05) is 19.0 Å². The number of esters is 2. The van der Waals surface area contributed by atoms with Crippen LogP contribution in [0.3, 0.4) is 0 Å². The molecule has 2 heterocycles. The number of hydrogen-bond donors (Lipinski definition) is 1. The van der Waals surface area contributed by atoms with Gasteiger partial charge in [-0.3, -0.25) is 18.6 Å². The van der Waals surface area contributed by atoms with Gasteiger partial charge in [-0.15, -0.1) is 0 Å². The number of rotatable bonds is 32. The quantitative estimate of drug-likeness (QED) is 0.0430. The lowest BCUT2D eigenvalue weighted by Crippen LogP contribution is -2.29. The predicted octanol–water partition coefficient (Wildman–Crippen LogP) is 10.4. The fourth-order valence-corrected chi connectivity index (χ4v) is 7.29. The van der Waals surface area contributed by atoms with Crippen LogP contribution in [-0.4, -0.2) is 68.3 Å². The summed E-state index contributed by atoms with van der Waals surface area (Å²) in [5, 5.41) is 0. The summed E-state index contributed by atoms with van der Waals surface area (Å²) in [7, 11) is -0.756. The normalized spacial score (nSPS) is 13.3. The zero-order chi connectivity index (χ0) is 40.6. The van der Waals surface area contributed by atoms with Gasteiger partial charge in [0.2, 0.25) is 0 Å². The summed E-state index contributed by atoms with van der Waals surface area (Å²) in [6, 6.07) is 0. The second kappa shape index (κ2) is 27.2. The SMILES string of the molecule is CCCc1oc(CCCCCCCCC(=O)OC[C@H](COP(=O)(O)OCCN(C)C)OC(=O)CCCCCCCCc2oc(CCC)c(C)c2C)c(C)c1C. The molecule has 12 heteroatoms. The van der Waals surface area contributed by atoms with Crippen molar-refractivity contribution in [2.75, 3.05) is 40.5 Å². The van der Waals surface area contributed by atoms with Crippen LogP contribution in [0.2, 0.25) is 0 Å². The highest BCUT2D eigenvalue weighted by Gasteiger charge is 2.26. The van der Waals surface area contributed by atoms with Crippen LogP contribution in [0.5, 0.6) is 0 Å². The van der Waals surface area contributed by atoms with E-state index in [0.29, 0.717) is 19.4 Å². The van der Waals surface area contributed by atoms with Crippen LogP contribution in [0.15, 0.2) is 8.83 Å². The first-order valence-electron chi connectivity index (χ1n) is 21.0. The Morgan fingerprint density at radius 2 is 1.04 bits per heavy atom. The summed E-state index contributed by atoms with van der Waals surface area (Å²) in [6.45, 7) is 12.7. The molecule has 1 N–H and O–H groups in total. The van der Waals surface area contributed by atoms with Crippen molar-refractivity contribution in [2.45, 2.75) is 176 Å². The highest BCUT2D eigenvalue weighted by molar-refractivity contribution is 7.47. The minimum absolute atomic E-state index is 0.00843. The number of aryl methyl sites for hydroxylation is 4. The fraction of sp³-hybridized carbons (Fsp3) is 0.767. The predicted molar refractivity (Wildman–Crippen MR) is 218 cm³/mol. The largest absolute Gasteiger partial charge is 0.472 e. The van der Waals surface area contributed by atoms with Gasteiger partial charge in [-0.1, -0.05) is 65.2 Å². The Labute approximate surface area is 332 Å². The second-order valence-corrected chi connectivity index (χ2v) is 16.8. The minimum atomic E-state index is -4.39. The number of nitrogens with zero attached hydrogens (tertiary/aromatic N) is 1. The van der Waals surface area contributed by atoms with Crippen molar-refractivity contribution in [1.82, 2.24) is 4.90 Å². The van der Waals surface area contributed by atoms with Gasteiger partial charge in [0.05, 0.1) is 13.2 Å². The number of hydrogen-bond acceptors (Lipinski definition) is 10. The van der Waals surface area contributed by atoms with Gasteiger partial charge in [-0.2, -0.15) is 0 Å². The number of unbranched alkanes of at least 4 members (excludes halogenated alkanes) is 10. The molecule has 0 saturated carbocycles. The maximum Gasteiger partial charge on any atom is 0.472 e. The van der Waals surface area contributed by atoms with Crippen molar-refractivity contribution in [1.29, 1.82) is 0 Å². The van der Waals surface area contributed by atoms with E-state index in [-0.39, 0.29) is 26.1 Å². The topological polar surface area (TPSA) is 138 Å². The average molecular weight is 796 g/mol. The molecule has 2 rings (SSSR count). The van der Waals surface area contributed by atoms with Crippen LogP contribution in [0.4, 0.5) is 0 Å². The summed E-state index contributed by atoms with van der Waals surface area (Å²) in [5.41, 5.74) is 5.15. The van der Waals surface area contributed by atoms with Gasteiger partial charge in [0.25, 0.3) is 0 Å². The molecule has 2 aromatic rings. The number of furan rings is 2. The highest BCUT2D eigenvalue weighted by Crippen LogP contribution is 2.43. The van der Waals surface area contributed by atoms with E-state index < -0.39 is 32.5 Å². The zero-order valence-electron chi connectivity index (χ0n) is 35.6. The Morgan fingerprint density at radius 3 is 1.49 bits per heavy atom. The van der Waals surface area contributed by atoms with Crippen LogP contribution < -0.4 is 0 Å². The van der Waals surface area contributed by atoms with E-state index in [1.54, 1.807) is 0 Å². The molecule has 316 valence electrons. The Balaban J connectivity index is 1.68. The molecular formula is C43H74NO10P. The lowest BCUT2D eigenvalue weighted by molar-refractivity contribution is -0.161. The molecular weight excluding hydrogens is 721 g/mol. The zero-order valence-corrected chi connectivity index (χ0v) is 36.5. The first kappa shape index (κ1) is 48.7. The highest BCUT2D eigenvalue weighted by atomic mass is 31.2. The Morgan fingerprint density at radius 1 is 0.618 bits per heavy atom. The molecule has 0 saturated heterocycles. The van der Waals surface area contributed by atoms with Crippen LogP contribution in [0.25, 0.3) is 0 Å². The molecule has 0 aromatic carbocycles. The summed E-state index contributed by atoms with van der Waals surface area (Å²) in [5.74, 6) is 3.60. The Hall–Kier alpha value is -2.43. The van der Waals surface area contributed by atoms with Crippen molar-refractivity contribution in [3.63, 3.8) is 0 Å². The first-order valence-corrected chi connectivity index (χ1v) is 22.5. The lowest BCUT2D eigenvalue weighted by atomic mass is 10.0. The molecule has 0 aliphatic carbocycles. The van der Waals surface area contributed by atoms with Crippen molar-refractivity contribution < 1.29 is 46.4 Å². The van der Waals surface area contributed by atoms with Crippen molar-refractivity contribution in [3.8, 4) is 0 Å². The van der Waals surface area contributed by atoms with Crippen molar-refractivity contribution >= 4 is 19.8 Å². The number of carbonyl (C=O) groups excluding carboxylic acids is 2. The molecule has 0 aliphatic rings. The number of carbonyl (C=O) groups is 2. The monoisotopic (exact) mass is 796 g/mol.